The average molecular weight is 445 g/mol. The lowest BCUT2D eigenvalue weighted by atomic mass is 10.1. The highest BCUT2D eigenvalue weighted by molar-refractivity contribution is 14.0. The van der Waals surface area contributed by atoms with Crippen LogP contribution in [-0.4, -0.2) is 31.0 Å². The first kappa shape index (κ1) is 20.5. The van der Waals surface area contributed by atoms with Crippen molar-refractivity contribution in [3.05, 3.63) is 21.3 Å². The summed E-state index contributed by atoms with van der Waals surface area (Å²) in [6.07, 6.45) is 0. The number of rotatable bonds is 4. The number of nitrogens with zero attached hydrogens (tertiary/aromatic N) is 1. The highest BCUT2D eigenvalue weighted by atomic mass is 127. The number of guanidine groups is 1. The van der Waals surface area contributed by atoms with Crippen LogP contribution in [0.4, 0.5) is 0 Å². The van der Waals surface area contributed by atoms with Crippen LogP contribution in [0.1, 0.15) is 25.6 Å². The molecule has 0 aliphatic heterocycles. The number of halogens is 2. The van der Waals surface area contributed by atoms with Gasteiger partial charge in [-0.05, 0) is 32.9 Å². The van der Waals surface area contributed by atoms with E-state index in [1.807, 2.05) is 32.9 Å². The van der Waals surface area contributed by atoms with Crippen molar-refractivity contribution in [2.24, 2.45) is 4.99 Å². The van der Waals surface area contributed by atoms with E-state index in [0.717, 1.165) is 9.21 Å². The normalized spacial score (nSPS) is 11.6. The fraction of sp³-hybridized carbons (Fsp3) is 0.538. The van der Waals surface area contributed by atoms with Gasteiger partial charge in [-0.1, -0.05) is 11.6 Å². The topological polar surface area (TPSA) is 65.5 Å². The van der Waals surface area contributed by atoms with Crippen LogP contribution in [0.25, 0.3) is 0 Å². The summed E-state index contributed by atoms with van der Waals surface area (Å²) < 4.78 is 0.759. The van der Waals surface area contributed by atoms with Crippen LogP contribution in [0.5, 0.6) is 0 Å². The molecule has 8 heteroatoms. The minimum Gasteiger partial charge on any atom is -0.352 e. The monoisotopic (exact) mass is 444 g/mol. The van der Waals surface area contributed by atoms with E-state index in [-0.39, 0.29) is 42.0 Å². The number of thiophene rings is 1. The summed E-state index contributed by atoms with van der Waals surface area (Å²) in [6, 6.07) is 3.82. The maximum absolute atomic E-state index is 11.7. The summed E-state index contributed by atoms with van der Waals surface area (Å²) in [4.78, 5) is 16.9. The number of nitrogens with one attached hydrogen (secondary N) is 3. The SMILES string of the molecule is CN=C(NCC(=O)NC(C)(C)C)NCc1ccc(Cl)s1.I. The maximum Gasteiger partial charge on any atom is 0.239 e. The molecule has 1 aromatic heterocycles. The van der Waals surface area contributed by atoms with Gasteiger partial charge in [0.25, 0.3) is 0 Å². The van der Waals surface area contributed by atoms with E-state index in [9.17, 15) is 4.79 Å². The van der Waals surface area contributed by atoms with E-state index in [4.69, 9.17) is 11.6 Å². The second-order valence-corrected chi connectivity index (χ2v) is 7.08. The van der Waals surface area contributed by atoms with Crippen molar-refractivity contribution in [1.29, 1.82) is 0 Å². The second-order valence-electron chi connectivity index (χ2n) is 5.28. The molecule has 5 nitrogen and oxygen atoms in total. The molecular formula is C13H22ClIN4OS. The fourth-order valence-corrected chi connectivity index (χ4v) is 2.49. The number of aliphatic imine (C=N–C) groups is 1. The Morgan fingerprint density at radius 2 is 2.00 bits per heavy atom. The minimum absolute atomic E-state index is 0. The van der Waals surface area contributed by atoms with Gasteiger partial charge >= 0.3 is 0 Å². The molecule has 3 N–H and O–H groups in total. The smallest absolute Gasteiger partial charge is 0.239 e. The predicted molar refractivity (Wildman–Crippen MR) is 101 cm³/mol. The molecule has 0 aliphatic carbocycles. The molecule has 0 spiro atoms. The first-order chi connectivity index (χ1) is 9.30. The largest absolute Gasteiger partial charge is 0.352 e. The molecule has 120 valence electrons. The van der Waals surface area contributed by atoms with Crippen LogP contribution in [0.3, 0.4) is 0 Å². The molecule has 0 radical (unpaired) electrons. The van der Waals surface area contributed by atoms with Gasteiger partial charge in [-0.3, -0.25) is 9.79 Å². The number of hydrogen-bond acceptors (Lipinski definition) is 3. The van der Waals surface area contributed by atoms with Crippen LogP contribution < -0.4 is 16.0 Å². The van der Waals surface area contributed by atoms with Crippen molar-refractivity contribution < 1.29 is 4.79 Å². The van der Waals surface area contributed by atoms with Gasteiger partial charge in [0.2, 0.25) is 5.91 Å². The Morgan fingerprint density at radius 3 is 2.48 bits per heavy atom. The molecule has 0 aromatic carbocycles. The molecule has 0 atom stereocenters. The molecular weight excluding hydrogens is 423 g/mol. The number of hydrogen-bond donors (Lipinski definition) is 3. The lowest BCUT2D eigenvalue weighted by Crippen LogP contribution is -2.48. The average Bonchev–Trinajstić information content (AvgIpc) is 2.73. The summed E-state index contributed by atoms with van der Waals surface area (Å²) in [6.45, 7) is 6.63. The Balaban J connectivity index is 0.00000400. The van der Waals surface area contributed by atoms with Crippen molar-refractivity contribution in [2.75, 3.05) is 13.6 Å². The Kier molecular flexibility index (Phi) is 9.23. The first-order valence-electron chi connectivity index (χ1n) is 6.30. The predicted octanol–water partition coefficient (Wildman–Crippen LogP) is 2.60. The Morgan fingerprint density at radius 1 is 1.33 bits per heavy atom. The fourth-order valence-electron chi connectivity index (χ4n) is 1.46. The van der Waals surface area contributed by atoms with Crippen LogP contribution in [-0.2, 0) is 11.3 Å². The quantitative estimate of drug-likeness (QED) is 0.380. The zero-order valence-corrected chi connectivity index (χ0v) is 16.5. The van der Waals surface area contributed by atoms with Gasteiger partial charge in [0.1, 0.15) is 0 Å². The van der Waals surface area contributed by atoms with Gasteiger partial charge in [0.05, 0.1) is 17.4 Å². The first-order valence-corrected chi connectivity index (χ1v) is 7.49. The molecule has 1 aromatic rings. The third-order valence-electron chi connectivity index (χ3n) is 2.21. The van der Waals surface area contributed by atoms with Crippen molar-refractivity contribution in [2.45, 2.75) is 32.9 Å². The van der Waals surface area contributed by atoms with Crippen molar-refractivity contribution in [1.82, 2.24) is 16.0 Å². The summed E-state index contributed by atoms with van der Waals surface area (Å²) >= 11 is 7.38. The molecule has 21 heavy (non-hydrogen) atoms. The van der Waals surface area contributed by atoms with Crippen LogP contribution in [0.15, 0.2) is 17.1 Å². The summed E-state index contributed by atoms with van der Waals surface area (Å²) in [5.41, 5.74) is -0.233. The molecule has 1 rings (SSSR count). The molecule has 1 heterocycles. The molecule has 0 bridgehead atoms. The maximum atomic E-state index is 11.7. The Labute approximate surface area is 152 Å². The van der Waals surface area contributed by atoms with E-state index in [0.29, 0.717) is 12.5 Å². The summed E-state index contributed by atoms with van der Waals surface area (Å²) in [5, 5.41) is 8.97. The molecule has 0 unspecified atom stereocenters. The van der Waals surface area contributed by atoms with Gasteiger partial charge in [0, 0.05) is 17.5 Å². The van der Waals surface area contributed by atoms with E-state index in [1.54, 1.807) is 7.05 Å². The summed E-state index contributed by atoms with van der Waals surface area (Å²) in [5.74, 6) is 0.512. The number of amides is 1. The van der Waals surface area contributed by atoms with Crippen molar-refractivity contribution in [3.63, 3.8) is 0 Å². The zero-order valence-electron chi connectivity index (χ0n) is 12.6. The van der Waals surface area contributed by atoms with Gasteiger partial charge in [0.15, 0.2) is 5.96 Å². The third-order valence-corrected chi connectivity index (χ3v) is 3.44. The highest BCUT2D eigenvalue weighted by Gasteiger charge is 2.13. The summed E-state index contributed by atoms with van der Waals surface area (Å²) in [7, 11) is 1.67. The molecule has 0 saturated carbocycles. The van der Waals surface area contributed by atoms with Crippen molar-refractivity contribution >= 4 is 58.8 Å². The second kappa shape index (κ2) is 9.47. The lowest BCUT2D eigenvalue weighted by Gasteiger charge is -2.21. The van der Waals surface area contributed by atoms with Gasteiger partial charge in [-0.15, -0.1) is 35.3 Å². The Hall–Kier alpha value is -0.540. The minimum atomic E-state index is -0.233. The number of carbonyl (C=O) groups is 1. The molecule has 0 fully saturated rings. The van der Waals surface area contributed by atoms with E-state index < -0.39 is 0 Å². The molecule has 1 amide bonds. The van der Waals surface area contributed by atoms with Crippen LogP contribution >= 0.6 is 46.9 Å². The molecule has 0 aliphatic rings. The van der Waals surface area contributed by atoms with E-state index >= 15 is 0 Å². The Bertz CT molecular complexity index is 485. The highest BCUT2D eigenvalue weighted by Crippen LogP contribution is 2.20. The van der Waals surface area contributed by atoms with Crippen molar-refractivity contribution in [3.8, 4) is 0 Å². The number of carbonyl (C=O) groups excluding carboxylic acids is 1. The van der Waals surface area contributed by atoms with Gasteiger partial charge in [-0.25, -0.2) is 0 Å². The standard InChI is InChI=1S/C13H21ClN4OS.HI/c1-13(2,3)18-11(19)8-17-12(15-4)16-7-9-5-6-10(14)20-9;/h5-6H,7-8H2,1-4H3,(H,18,19)(H2,15,16,17);1H. The van der Waals surface area contributed by atoms with Crippen LogP contribution in [0, 0.1) is 0 Å². The van der Waals surface area contributed by atoms with Gasteiger partial charge in [-0.2, -0.15) is 0 Å². The van der Waals surface area contributed by atoms with Crippen LogP contribution in [0.2, 0.25) is 4.34 Å². The lowest BCUT2D eigenvalue weighted by molar-refractivity contribution is -0.121. The molecule has 0 saturated heterocycles. The van der Waals surface area contributed by atoms with E-state index in [2.05, 4.69) is 20.9 Å². The third kappa shape index (κ3) is 9.15. The zero-order chi connectivity index (χ0) is 15.2. The van der Waals surface area contributed by atoms with E-state index in [1.165, 1.54) is 11.3 Å². The van der Waals surface area contributed by atoms with Gasteiger partial charge < -0.3 is 16.0 Å².